The smallest absolute Gasteiger partial charge is 0.263 e. The van der Waals surface area contributed by atoms with E-state index in [2.05, 4.69) is 9.97 Å². The predicted octanol–water partition coefficient (Wildman–Crippen LogP) is 2.76. The summed E-state index contributed by atoms with van der Waals surface area (Å²) < 4.78 is 5.83. The Labute approximate surface area is 131 Å². The molecule has 0 bridgehead atoms. The minimum Gasteiger partial charge on any atom is -0.481 e. The Balaban J connectivity index is 2.00. The van der Waals surface area contributed by atoms with E-state index in [4.69, 9.17) is 4.74 Å². The highest BCUT2D eigenvalue weighted by Gasteiger charge is 2.20. The topological polar surface area (TPSA) is 58.2 Å². The fraction of sp³-hybridized carbons (Fsp3) is 0.412. The minimum absolute atomic E-state index is 0.0741. The lowest BCUT2D eigenvalue weighted by Crippen LogP contribution is -2.37. The van der Waals surface area contributed by atoms with Crippen LogP contribution in [0.25, 0.3) is 0 Å². The van der Waals surface area contributed by atoms with Crippen molar-refractivity contribution in [2.24, 2.45) is 0 Å². The first-order valence-electron chi connectivity index (χ1n) is 7.36. The van der Waals surface area contributed by atoms with Gasteiger partial charge in [0.1, 0.15) is 11.6 Å². The molecule has 0 radical (unpaired) electrons. The molecule has 5 heteroatoms. The van der Waals surface area contributed by atoms with Crippen LogP contribution in [0.3, 0.4) is 0 Å². The molecule has 2 aromatic rings. The van der Waals surface area contributed by atoms with Gasteiger partial charge < -0.3 is 14.6 Å². The van der Waals surface area contributed by atoms with E-state index in [1.807, 2.05) is 39.0 Å². The summed E-state index contributed by atoms with van der Waals surface area (Å²) in [5, 5.41) is 0. The number of imidazole rings is 1. The van der Waals surface area contributed by atoms with E-state index in [1.165, 1.54) is 0 Å². The van der Waals surface area contributed by atoms with Crippen LogP contribution < -0.4 is 4.74 Å². The number of ether oxygens (including phenoxy) is 1. The number of likely N-dealkylation sites (N-methyl/N-ethyl adjacent to an activating group) is 1. The highest BCUT2D eigenvalue weighted by Crippen LogP contribution is 2.21. The van der Waals surface area contributed by atoms with E-state index in [1.54, 1.807) is 25.1 Å². The van der Waals surface area contributed by atoms with Crippen LogP contribution in [0.5, 0.6) is 5.75 Å². The number of hydrogen-bond donors (Lipinski definition) is 1. The number of hydrogen-bond acceptors (Lipinski definition) is 3. The molecule has 0 aliphatic carbocycles. The second-order valence-corrected chi connectivity index (χ2v) is 5.74. The van der Waals surface area contributed by atoms with Gasteiger partial charge in [0.25, 0.3) is 5.91 Å². The Morgan fingerprint density at radius 3 is 2.73 bits per heavy atom. The van der Waals surface area contributed by atoms with Gasteiger partial charge in [-0.25, -0.2) is 4.98 Å². The van der Waals surface area contributed by atoms with E-state index < -0.39 is 6.10 Å². The highest BCUT2D eigenvalue weighted by atomic mass is 16.5. The minimum atomic E-state index is -0.540. The van der Waals surface area contributed by atoms with Crippen molar-refractivity contribution in [3.63, 3.8) is 0 Å². The van der Waals surface area contributed by atoms with E-state index in [-0.39, 0.29) is 5.91 Å². The maximum absolute atomic E-state index is 12.4. The third kappa shape index (κ3) is 3.87. The Morgan fingerprint density at radius 1 is 1.36 bits per heavy atom. The van der Waals surface area contributed by atoms with Crippen molar-refractivity contribution < 1.29 is 9.53 Å². The largest absolute Gasteiger partial charge is 0.481 e. The number of aromatic amines is 1. The van der Waals surface area contributed by atoms with Crippen molar-refractivity contribution in [2.75, 3.05) is 7.05 Å². The standard InChI is InChI=1S/C17H23N3O2/c1-11-6-7-12(2)15(8-11)22-14(4)17(21)20(5)10-16-18-9-13(3)19-16/h6-9,14H,10H2,1-5H3,(H,18,19)/t14-/m0/s1. The molecule has 1 aromatic carbocycles. The van der Waals surface area contributed by atoms with Crippen molar-refractivity contribution in [3.8, 4) is 5.75 Å². The van der Waals surface area contributed by atoms with Gasteiger partial charge in [0.05, 0.1) is 6.54 Å². The van der Waals surface area contributed by atoms with Gasteiger partial charge in [0, 0.05) is 18.9 Å². The number of aryl methyl sites for hydroxylation is 3. The predicted molar refractivity (Wildman–Crippen MR) is 85.8 cm³/mol. The summed E-state index contributed by atoms with van der Waals surface area (Å²) >= 11 is 0. The number of nitrogens with zero attached hydrogens (tertiary/aromatic N) is 2. The number of H-pyrrole nitrogens is 1. The monoisotopic (exact) mass is 301 g/mol. The van der Waals surface area contributed by atoms with Crippen LogP contribution in [0.15, 0.2) is 24.4 Å². The van der Waals surface area contributed by atoms with E-state index in [9.17, 15) is 4.79 Å². The van der Waals surface area contributed by atoms with Crippen molar-refractivity contribution in [2.45, 2.75) is 40.3 Å². The van der Waals surface area contributed by atoms with Gasteiger partial charge >= 0.3 is 0 Å². The summed E-state index contributed by atoms with van der Waals surface area (Å²) in [5.41, 5.74) is 3.12. The SMILES string of the molecule is Cc1ccc(C)c(O[C@@H](C)C(=O)N(C)Cc2ncc(C)[nH]2)c1. The zero-order valence-corrected chi connectivity index (χ0v) is 13.8. The summed E-state index contributed by atoms with van der Waals surface area (Å²) in [7, 11) is 1.75. The molecule has 1 aromatic heterocycles. The maximum atomic E-state index is 12.4. The third-order valence-corrected chi connectivity index (χ3v) is 3.51. The van der Waals surface area contributed by atoms with E-state index in [0.717, 1.165) is 28.4 Å². The van der Waals surface area contributed by atoms with Crippen molar-refractivity contribution in [1.29, 1.82) is 0 Å². The maximum Gasteiger partial charge on any atom is 0.263 e. The first-order valence-corrected chi connectivity index (χ1v) is 7.36. The molecule has 1 amide bonds. The molecule has 0 aliphatic heterocycles. The normalized spacial score (nSPS) is 12.0. The van der Waals surface area contributed by atoms with Gasteiger partial charge in [-0.3, -0.25) is 4.79 Å². The van der Waals surface area contributed by atoms with Crippen LogP contribution in [0.4, 0.5) is 0 Å². The summed E-state index contributed by atoms with van der Waals surface area (Å²) in [6.07, 6.45) is 1.21. The molecular weight excluding hydrogens is 278 g/mol. The Kier molecular flexibility index (Phi) is 4.85. The average Bonchev–Trinajstić information content (AvgIpc) is 2.87. The lowest BCUT2D eigenvalue weighted by Gasteiger charge is -2.22. The molecule has 1 atom stereocenters. The summed E-state index contributed by atoms with van der Waals surface area (Å²) in [6, 6.07) is 5.98. The number of carbonyl (C=O) groups is 1. The molecule has 0 unspecified atom stereocenters. The van der Waals surface area contributed by atoms with Crippen LogP contribution in [0.2, 0.25) is 0 Å². The van der Waals surface area contributed by atoms with E-state index in [0.29, 0.717) is 6.54 Å². The van der Waals surface area contributed by atoms with Gasteiger partial charge in [-0.1, -0.05) is 12.1 Å². The Bertz CT molecular complexity index is 664. The van der Waals surface area contributed by atoms with Gasteiger partial charge in [-0.15, -0.1) is 0 Å². The van der Waals surface area contributed by atoms with Crippen LogP contribution in [0.1, 0.15) is 29.6 Å². The van der Waals surface area contributed by atoms with E-state index >= 15 is 0 Å². The molecule has 0 spiro atoms. The molecule has 0 aliphatic rings. The summed E-state index contributed by atoms with van der Waals surface area (Å²) in [4.78, 5) is 21.4. The fourth-order valence-corrected chi connectivity index (χ4v) is 2.24. The van der Waals surface area contributed by atoms with Crippen LogP contribution in [-0.2, 0) is 11.3 Å². The first-order chi connectivity index (χ1) is 10.4. The zero-order valence-electron chi connectivity index (χ0n) is 13.8. The van der Waals surface area contributed by atoms with Crippen LogP contribution in [-0.4, -0.2) is 33.9 Å². The molecule has 1 heterocycles. The molecule has 1 N–H and O–H groups in total. The van der Waals surface area contributed by atoms with Crippen LogP contribution >= 0.6 is 0 Å². The number of benzene rings is 1. The lowest BCUT2D eigenvalue weighted by atomic mass is 10.1. The van der Waals surface area contributed by atoms with Crippen LogP contribution in [0, 0.1) is 20.8 Å². The molecule has 5 nitrogen and oxygen atoms in total. The summed E-state index contributed by atoms with van der Waals surface area (Å²) in [6.45, 7) is 8.12. The molecule has 118 valence electrons. The highest BCUT2D eigenvalue weighted by molar-refractivity contribution is 5.80. The number of carbonyl (C=O) groups excluding carboxylic acids is 1. The lowest BCUT2D eigenvalue weighted by molar-refractivity contribution is -0.137. The second kappa shape index (κ2) is 6.64. The number of aromatic nitrogens is 2. The first kappa shape index (κ1) is 16.1. The number of rotatable bonds is 5. The van der Waals surface area contributed by atoms with Gasteiger partial charge in [0.15, 0.2) is 6.10 Å². The number of amides is 1. The van der Waals surface area contributed by atoms with Gasteiger partial charge in [-0.2, -0.15) is 0 Å². The quantitative estimate of drug-likeness (QED) is 0.924. The second-order valence-electron chi connectivity index (χ2n) is 5.74. The Hall–Kier alpha value is -2.30. The molecule has 22 heavy (non-hydrogen) atoms. The Morgan fingerprint density at radius 2 is 2.09 bits per heavy atom. The molecule has 2 rings (SSSR count). The fourth-order valence-electron chi connectivity index (χ4n) is 2.24. The molecule has 0 saturated carbocycles. The number of nitrogens with one attached hydrogen (secondary N) is 1. The zero-order chi connectivity index (χ0) is 16.3. The van der Waals surface area contributed by atoms with Gasteiger partial charge in [0.2, 0.25) is 0 Å². The van der Waals surface area contributed by atoms with Gasteiger partial charge in [-0.05, 0) is 44.9 Å². The van der Waals surface area contributed by atoms with Crippen molar-refractivity contribution in [3.05, 3.63) is 47.0 Å². The molecule has 0 saturated heterocycles. The average molecular weight is 301 g/mol. The molecule has 0 fully saturated rings. The summed E-state index contributed by atoms with van der Waals surface area (Å²) in [5.74, 6) is 1.45. The third-order valence-electron chi connectivity index (χ3n) is 3.51. The van der Waals surface area contributed by atoms with Crippen molar-refractivity contribution >= 4 is 5.91 Å². The van der Waals surface area contributed by atoms with Crippen molar-refractivity contribution in [1.82, 2.24) is 14.9 Å². The molecular formula is C17H23N3O2.